The lowest BCUT2D eigenvalue weighted by Gasteiger charge is -2.34. The van der Waals surface area contributed by atoms with Crippen LogP contribution in [0.5, 0.6) is 0 Å². The first-order valence-corrected chi connectivity index (χ1v) is 16.8. The van der Waals surface area contributed by atoms with Gasteiger partial charge in [0.15, 0.2) is 0 Å². The molecule has 45 heavy (non-hydrogen) atoms. The minimum atomic E-state index is -4.15. The summed E-state index contributed by atoms with van der Waals surface area (Å²) in [7, 11) is -4.15. The Morgan fingerprint density at radius 1 is 0.800 bits per heavy atom. The second-order valence-corrected chi connectivity index (χ2v) is 14.0. The Morgan fingerprint density at radius 2 is 1.38 bits per heavy atom. The SMILES string of the molecule is Cc1cc(C)cc(N(CC(=O)N(Cc2ccc(Cl)cc2)[C@@H](Cc2ccccc2)C(=O)NCC(C)C)S(=O)(=O)c2ccccc2)c1. The van der Waals surface area contributed by atoms with E-state index in [1.165, 1.54) is 17.0 Å². The van der Waals surface area contributed by atoms with Gasteiger partial charge in [0.05, 0.1) is 10.6 Å². The van der Waals surface area contributed by atoms with Crippen molar-refractivity contribution in [3.8, 4) is 0 Å². The summed E-state index contributed by atoms with van der Waals surface area (Å²) in [5.74, 6) is -0.620. The fraction of sp³-hybridized carbons (Fsp3) is 0.278. The van der Waals surface area contributed by atoms with Gasteiger partial charge < -0.3 is 10.2 Å². The molecule has 0 unspecified atom stereocenters. The summed E-state index contributed by atoms with van der Waals surface area (Å²) < 4.78 is 29.4. The first-order chi connectivity index (χ1) is 21.4. The number of sulfonamides is 1. The van der Waals surface area contributed by atoms with Crippen molar-refractivity contribution in [2.45, 2.75) is 51.6 Å². The van der Waals surface area contributed by atoms with E-state index in [0.717, 1.165) is 26.6 Å². The Morgan fingerprint density at radius 3 is 1.96 bits per heavy atom. The van der Waals surface area contributed by atoms with Gasteiger partial charge in [-0.15, -0.1) is 0 Å². The van der Waals surface area contributed by atoms with Crippen LogP contribution in [0.15, 0.2) is 108 Å². The largest absolute Gasteiger partial charge is 0.354 e. The minimum absolute atomic E-state index is 0.0664. The van der Waals surface area contributed by atoms with Crippen LogP contribution in [0, 0.1) is 19.8 Å². The van der Waals surface area contributed by atoms with Crippen molar-refractivity contribution >= 4 is 39.1 Å². The third-order valence-corrected chi connectivity index (χ3v) is 9.37. The van der Waals surface area contributed by atoms with Gasteiger partial charge in [0.2, 0.25) is 11.8 Å². The molecular formula is C36H40ClN3O4S. The summed E-state index contributed by atoms with van der Waals surface area (Å²) in [6, 6.07) is 29.2. The fourth-order valence-electron chi connectivity index (χ4n) is 5.11. The topological polar surface area (TPSA) is 86.8 Å². The number of anilines is 1. The summed E-state index contributed by atoms with van der Waals surface area (Å²) in [6.07, 6.45) is 0.249. The second-order valence-electron chi connectivity index (χ2n) is 11.7. The van der Waals surface area contributed by atoms with Gasteiger partial charge >= 0.3 is 0 Å². The van der Waals surface area contributed by atoms with Crippen LogP contribution >= 0.6 is 11.6 Å². The molecule has 0 aliphatic rings. The molecule has 7 nitrogen and oxygen atoms in total. The van der Waals surface area contributed by atoms with Gasteiger partial charge in [-0.3, -0.25) is 13.9 Å². The van der Waals surface area contributed by atoms with E-state index < -0.39 is 28.5 Å². The summed E-state index contributed by atoms with van der Waals surface area (Å²) in [5, 5.41) is 3.55. The highest BCUT2D eigenvalue weighted by Gasteiger charge is 2.34. The van der Waals surface area contributed by atoms with Gasteiger partial charge in [0.25, 0.3) is 10.0 Å². The molecule has 0 saturated heterocycles. The zero-order chi connectivity index (χ0) is 32.6. The number of carbonyl (C=O) groups is 2. The van der Waals surface area contributed by atoms with Crippen LogP contribution in [-0.4, -0.2) is 44.3 Å². The van der Waals surface area contributed by atoms with E-state index >= 15 is 0 Å². The number of hydrogen-bond donors (Lipinski definition) is 1. The highest BCUT2D eigenvalue weighted by Crippen LogP contribution is 2.27. The van der Waals surface area contributed by atoms with Crippen molar-refractivity contribution in [1.82, 2.24) is 10.2 Å². The quantitative estimate of drug-likeness (QED) is 0.178. The standard InChI is InChI=1S/C36H40ClN3O4S/c1-26(2)23-38-36(42)34(22-29-11-7-5-8-12-29)39(24-30-15-17-31(37)18-16-30)35(41)25-40(32-20-27(3)19-28(4)21-32)45(43,44)33-13-9-6-10-14-33/h5-21,26,34H,22-25H2,1-4H3,(H,38,42)/t34-/m0/s1. The van der Waals surface area contributed by atoms with Gasteiger partial charge in [0.1, 0.15) is 12.6 Å². The van der Waals surface area contributed by atoms with Crippen molar-refractivity contribution in [3.63, 3.8) is 0 Å². The van der Waals surface area contributed by atoms with Crippen molar-refractivity contribution < 1.29 is 18.0 Å². The highest BCUT2D eigenvalue weighted by molar-refractivity contribution is 7.92. The number of nitrogens with zero attached hydrogens (tertiary/aromatic N) is 2. The number of halogens is 1. The fourth-order valence-corrected chi connectivity index (χ4v) is 6.65. The molecule has 1 N–H and O–H groups in total. The Labute approximate surface area is 271 Å². The zero-order valence-electron chi connectivity index (χ0n) is 26.1. The number of carbonyl (C=O) groups excluding carboxylic acids is 2. The average Bonchev–Trinajstić information content (AvgIpc) is 3.01. The molecule has 0 fully saturated rings. The molecule has 0 radical (unpaired) electrons. The summed E-state index contributed by atoms with van der Waals surface area (Å²) in [4.78, 5) is 29.9. The molecule has 0 aromatic heterocycles. The van der Waals surface area contributed by atoms with E-state index in [4.69, 9.17) is 11.6 Å². The monoisotopic (exact) mass is 645 g/mol. The number of amides is 2. The number of benzene rings is 4. The van der Waals surface area contributed by atoms with Crippen molar-refractivity contribution in [2.75, 3.05) is 17.4 Å². The molecule has 9 heteroatoms. The molecule has 0 saturated carbocycles. The van der Waals surface area contributed by atoms with E-state index in [1.54, 1.807) is 54.6 Å². The summed E-state index contributed by atoms with van der Waals surface area (Å²) in [6.45, 7) is 7.77. The predicted octanol–water partition coefficient (Wildman–Crippen LogP) is 6.56. The van der Waals surface area contributed by atoms with Crippen LogP contribution in [0.2, 0.25) is 5.02 Å². The highest BCUT2D eigenvalue weighted by atomic mass is 35.5. The maximum atomic E-state index is 14.5. The molecule has 0 heterocycles. The van der Waals surface area contributed by atoms with Gasteiger partial charge in [0, 0.05) is 24.5 Å². The third-order valence-electron chi connectivity index (χ3n) is 7.33. The lowest BCUT2D eigenvalue weighted by Crippen LogP contribution is -2.53. The number of hydrogen-bond acceptors (Lipinski definition) is 4. The lowest BCUT2D eigenvalue weighted by atomic mass is 10.0. The van der Waals surface area contributed by atoms with Crippen LogP contribution in [0.25, 0.3) is 0 Å². The second kappa shape index (κ2) is 15.2. The number of nitrogens with one attached hydrogen (secondary N) is 1. The van der Waals surface area contributed by atoms with E-state index in [0.29, 0.717) is 17.3 Å². The Bertz CT molecular complexity index is 1680. The summed E-state index contributed by atoms with van der Waals surface area (Å²) >= 11 is 6.15. The van der Waals surface area contributed by atoms with Crippen molar-refractivity contribution in [3.05, 3.63) is 130 Å². The smallest absolute Gasteiger partial charge is 0.264 e. The van der Waals surface area contributed by atoms with Crippen LogP contribution in [0.1, 0.15) is 36.1 Å². The van der Waals surface area contributed by atoms with E-state index in [1.807, 2.05) is 64.1 Å². The number of rotatable bonds is 13. The maximum absolute atomic E-state index is 14.5. The van der Waals surface area contributed by atoms with Crippen LogP contribution in [0.4, 0.5) is 5.69 Å². The molecule has 4 rings (SSSR count). The molecule has 4 aromatic carbocycles. The van der Waals surface area contributed by atoms with E-state index in [2.05, 4.69) is 5.32 Å². The Hall–Kier alpha value is -4.14. The lowest BCUT2D eigenvalue weighted by molar-refractivity contribution is -0.140. The molecular weight excluding hydrogens is 606 g/mol. The van der Waals surface area contributed by atoms with Gasteiger partial charge in [-0.25, -0.2) is 8.42 Å². The summed E-state index contributed by atoms with van der Waals surface area (Å²) in [5.41, 5.74) is 3.73. The molecule has 0 aliphatic carbocycles. The Kier molecular flexibility index (Phi) is 11.4. The van der Waals surface area contributed by atoms with Crippen LogP contribution < -0.4 is 9.62 Å². The predicted molar refractivity (Wildman–Crippen MR) is 181 cm³/mol. The Balaban J connectivity index is 1.81. The van der Waals surface area contributed by atoms with Crippen molar-refractivity contribution in [2.24, 2.45) is 5.92 Å². The van der Waals surface area contributed by atoms with Gasteiger partial charge in [-0.2, -0.15) is 0 Å². The molecule has 4 aromatic rings. The first-order valence-electron chi connectivity index (χ1n) is 15.0. The van der Waals surface area contributed by atoms with Crippen LogP contribution in [-0.2, 0) is 32.6 Å². The van der Waals surface area contributed by atoms with Crippen molar-refractivity contribution in [1.29, 1.82) is 0 Å². The third kappa shape index (κ3) is 9.19. The molecule has 236 valence electrons. The average molecular weight is 646 g/mol. The van der Waals surface area contributed by atoms with Crippen LogP contribution in [0.3, 0.4) is 0 Å². The van der Waals surface area contributed by atoms with E-state index in [-0.39, 0.29) is 29.7 Å². The molecule has 1 atom stereocenters. The first kappa shape index (κ1) is 33.7. The number of aryl methyl sites for hydroxylation is 2. The minimum Gasteiger partial charge on any atom is -0.354 e. The van der Waals surface area contributed by atoms with Gasteiger partial charge in [-0.05, 0) is 78.4 Å². The van der Waals surface area contributed by atoms with E-state index in [9.17, 15) is 18.0 Å². The molecule has 0 aliphatic heterocycles. The molecule has 2 amide bonds. The van der Waals surface area contributed by atoms with Gasteiger partial charge in [-0.1, -0.05) is 92.2 Å². The normalized spacial score (nSPS) is 12.0. The molecule has 0 bridgehead atoms. The zero-order valence-corrected chi connectivity index (χ0v) is 27.7. The maximum Gasteiger partial charge on any atom is 0.264 e. The molecule has 0 spiro atoms.